The number of imidazole rings is 1. The molecule has 2 N–H and O–H groups in total. The first-order valence-electron chi connectivity index (χ1n) is 9.12. The molecule has 0 spiro atoms. The summed E-state index contributed by atoms with van der Waals surface area (Å²) in [7, 11) is 0. The Morgan fingerprint density at radius 2 is 2.07 bits per heavy atom. The van der Waals surface area contributed by atoms with Gasteiger partial charge < -0.3 is 15.2 Å². The number of hydrogen-bond donors (Lipinski definition) is 2. The van der Waals surface area contributed by atoms with Crippen LogP contribution in [-0.4, -0.2) is 27.0 Å². The SMILES string of the molecule is CCNC(=NCc1cccc(Cn2ccnc2)c1)NCc1nc(C)c(C)s1. The zero-order valence-electron chi connectivity index (χ0n) is 16.1. The zero-order chi connectivity index (χ0) is 19.1. The Kier molecular flexibility index (Phi) is 6.59. The van der Waals surface area contributed by atoms with Gasteiger partial charge in [0, 0.05) is 30.4 Å². The van der Waals surface area contributed by atoms with Crippen LogP contribution in [-0.2, 0) is 19.6 Å². The molecule has 0 bridgehead atoms. The van der Waals surface area contributed by atoms with Gasteiger partial charge in [-0.3, -0.25) is 0 Å². The number of aliphatic imine (C=N–C) groups is 1. The van der Waals surface area contributed by atoms with E-state index in [1.165, 1.54) is 16.0 Å². The van der Waals surface area contributed by atoms with Crippen LogP contribution in [0, 0.1) is 13.8 Å². The van der Waals surface area contributed by atoms with E-state index in [4.69, 9.17) is 4.99 Å². The average molecular weight is 383 g/mol. The van der Waals surface area contributed by atoms with E-state index in [-0.39, 0.29) is 0 Å². The summed E-state index contributed by atoms with van der Waals surface area (Å²) >= 11 is 1.73. The molecule has 0 saturated carbocycles. The summed E-state index contributed by atoms with van der Waals surface area (Å²) in [4.78, 5) is 14.7. The molecular formula is C20H26N6S. The highest BCUT2D eigenvalue weighted by molar-refractivity contribution is 7.11. The Bertz CT molecular complexity index is 862. The molecule has 0 atom stereocenters. The largest absolute Gasteiger partial charge is 0.357 e. The van der Waals surface area contributed by atoms with Gasteiger partial charge in [-0.25, -0.2) is 15.0 Å². The Morgan fingerprint density at radius 1 is 1.22 bits per heavy atom. The molecule has 0 aliphatic rings. The Hall–Kier alpha value is -2.67. The summed E-state index contributed by atoms with van der Waals surface area (Å²) in [5, 5.41) is 7.75. The number of aromatic nitrogens is 3. The van der Waals surface area contributed by atoms with Crippen LogP contribution in [0.1, 0.15) is 33.6 Å². The standard InChI is InChI=1S/C20H26N6S/c1-4-22-20(24-12-19-25-15(2)16(3)27-19)23-11-17-6-5-7-18(10-17)13-26-9-8-21-14-26/h5-10,14H,4,11-13H2,1-3H3,(H2,22,23,24). The summed E-state index contributed by atoms with van der Waals surface area (Å²) in [6.07, 6.45) is 5.61. The third-order valence-electron chi connectivity index (χ3n) is 4.16. The summed E-state index contributed by atoms with van der Waals surface area (Å²) in [5.74, 6) is 0.808. The molecule has 7 heteroatoms. The number of rotatable bonds is 7. The first-order chi connectivity index (χ1) is 13.1. The summed E-state index contributed by atoms with van der Waals surface area (Å²) in [5.41, 5.74) is 3.53. The van der Waals surface area contributed by atoms with Gasteiger partial charge in [-0.2, -0.15) is 0 Å². The van der Waals surface area contributed by atoms with Crippen molar-refractivity contribution in [1.82, 2.24) is 25.2 Å². The smallest absolute Gasteiger partial charge is 0.191 e. The van der Waals surface area contributed by atoms with Crippen molar-refractivity contribution in [3.8, 4) is 0 Å². The quantitative estimate of drug-likeness (QED) is 0.486. The van der Waals surface area contributed by atoms with Gasteiger partial charge in [-0.15, -0.1) is 11.3 Å². The van der Waals surface area contributed by atoms with Gasteiger partial charge in [-0.05, 0) is 31.9 Å². The number of hydrogen-bond acceptors (Lipinski definition) is 4. The van der Waals surface area contributed by atoms with Crippen LogP contribution in [0.15, 0.2) is 48.0 Å². The van der Waals surface area contributed by atoms with E-state index in [1.54, 1.807) is 17.5 Å². The maximum absolute atomic E-state index is 4.72. The second-order valence-electron chi connectivity index (χ2n) is 6.35. The third-order valence-corrected chi connectivity index (χ3v) is 5.23. The van der Waals surface area contributed by atoms with Crippen molar-refractivity contribution >= 4 is 17.3 Å². The van der Waals surface area contributed by atoms with E-state index in [9.17, 15) is 0 Å². The maximum Gasteiger partial charge on any atom is 0.191 e. The van der Waals surface area contributed by atoms with Crippen LogP contribution in [0.2, 0.25) is 0 Å². The van der Waals surface area contributed by atoms with Crippen LogP contribution in [0.3, 0.4) is 0 Å². The minimum absolute atomic E-state index is 0.628. The molecular weight excluding hydrogens is 356 g/mol. The molecule has 2 heterocycles. The maximum atomic E-state index is 4.72. The van der Waals surface area contributed by atoms with Crippen LogP contribution in [0.4, 0.5) is 0 Å². The van der Waals surface area contributed by atoms with E-state index in [0.29, 0.717) is 13.1 Å². The number of guanidine groups is 1. The van der Waals surface area contributed by atoms with Gasteiger partial charge >= 0.3 is 0 Å². The fourth-order valence-corrected chi connectivity index (χ4v) is 3.58. The second-order valence-corrected chi connectivity index (χ2v) is 7.64. The van der Waals surface area contributed by atoms with E-state index >= 15 is 0 Å². The first-order valence-corrected chi connectivity index (χ1v) is 9.94. The molecule has 0 aliphatic heterocycles. The van der Waals surface area contributed by atoms with Gasteiger partial charge in [0.05, 0.1) is 25.1 Å². The minimum Gasteiger partial charge on any atom is -0.357 e. The molecule has 1 aromatic carbocycles. The van der Waals surface area contributed by atoms with Crippen LogP contribution in [0.5, 0.6) is 0 Å². The molecule has 0 fully saturated rings. The predicted octanol–water partition coefficient (Wildman–Crippen LogP) is 3.26. The van der Waals surface area contributed by atoms with Crippen molar-refractivity contribution in [2.75, 3.05) is 6.54 Å². The van der Waals surface area contributed by atoms with E-state index in [0.717, 1.165) is 29.8 Å². The monoisotopic (exact) mass is 382 g/mol. The minimum atomic E-state index is 0.628. The fraction of sp³-hybridized carbons (Fsp3) is 0.350. The molecule has 0 radical (unpaired) electrons. The third kappa shape index (κ3) is 5.65. The van der Waals surface area contributed by atoms with Crippen molar-refractivity contribution in [2.45, 2.75) is 40.4 Å². The van der Waals surface area contributed by atoms with Crippen LogP contribution in [0.25, 0.3) is 0 Å². The fourth-order valence-electron chi connectivity index (χ4n) is 2.70. The average Bonchev–Trinajstić information content (AvgIpc) is 3.28. The summed E-state index contributed by atoms with van der Waals surface area (Å²) in [6.45, 7) is 9.18. The molecule has 3 aromatic rings. The van der Waals surface area contributed by atoms with Crippen molar-refractivity contribution in [1.29, 1.82) is 0 Å². The molecule has 0 saturated heterocycles. The van der Waals surface area contributed by atoms with Gasteiger partial charge in [0.2, 0.25) is 0 Å². The Morgan fingerprint density at radius 3 is 2.78 bits per heavy atom. The zero-order valence-corrected chi connectivity index (χ0v) is 16.9. The summed E-state index contributed by atoms with van der Waals surface area (Å²) < 4.78 is 2.06. The van der Waals surface area contributed by atoms with Gasteiger partial charge in [0.15, 0.2) is 5.96 Å². The molecule has 0 unspecified atom stereocenters. The van der Waals surface area contributed by atoms with Gasteiger partial charge in [-0.1, -0.05) is 24.3 Å². The molecule has 2 aromatic heterocycles. The lowest BCUT2D eigenvalue weighted by molar-refractivity contribution is 0.793. The summed E-state index contributed by atoms with van der Waals surface area (Å²) in [6, 6.07) is 8.51. The Balaban J connectivity index is 1.62. The first kappa shape index (κ1) is 19.1. The van der Waals surface area contributed by atoms with Crippen LogP contribution < -0.4 is 10.6 Å². The van der Waals surface area contributed by atoms with Crippen molar-refractivity contribution in [3.05, 3.63) is 69.7 Å². The normalized spacial score (nSPS) is 11.6. The number of nitrogens with zero attached hydrogens (tertiary/aromatic N) is 4. The van der Waals surface area contributed by atoms with Crippen molar-refractivity contribution in [3.63, 3.8) is 0 Å². The molecule has 3 rings (SSSR count). The lowest BCUT2D eigenvalue weighted by Gasteiger charge is -2.10. The lowest BCUT2D eigenvalue weighted by atomic mass is 10.1. The predicted molar refractivity (Wildman–Crippen MR) is 111 cm³/mol. The van der Waals surface area contributed by atoms with Gasteiger partial charge in [0.1, 0.15) is 5.01 Å². The number of benzene rings is 1. The van der Waals surface area contributed by atoms with Crippen LogP contribution >= 0.6 is 11.3 Å². The Labute approximate surface area is 164 Å². The highest BCUT2D eigenvalue weighted by Crippen LogP contribution is 2.16. The van der Waals surface area contributed by atoms with E-state index in [1.807, 2.05) is 19.4 Å². The molecule has 142 valence electrons. The van der Waals surface area contributed by atoms with Crippen molar-refractivity contribution in [2.24, 2.45) is 4.99 Å². The lowest BCUT2D eigenvalue weighted by Crippen LogP contribution is -2.36. The number of thiazole rings is 1. The van der Waals surface area contributed by atoms with E-state index in [2.05, 4.69) is 63.3 Å². The van der Waals surface area contributed by atoms with Gasteiger partial charge in [0.25, 0.3) is 0 Å². The molecule has 0 amide bonds. The molecule has 27 heavy (non-hydrogen) atoms. The highest BCUT2D eigenvalue weighted by atomic mass is 32.1. The topological polar surface area (TPSA) is 67.1 Å². The molecule has 6 nitrogen and oxygen atoms in total. The highest BCUT2D eigenvalue weighted by Gasteiger charge is 2.05. The molecule has 0 aliphatic carbocycles. The number of aryl methyl sites for hydroxylation is 2. The van der Waals surface area contributed by atoms with Crippen molar-refractivity contribution < 1.29 is 0 Å². The van der Waals surface area contributed by atoms with E-state index < -0.39 is 0 Å². The number of nitrogens with one attached hydrogen (secondary N) is 2. The second kappa shape index (κ2) is 9.32.